The summed E-state index contributed by atoms with van der Waals surface area (Å²) < 4.78 is 16.3. The van der Waals surface area contributed by atoms with E-state index in [1.807, 2.05) is 12.1 Å². The van der Waals surface area contributed by atoms with E-state index in [2.05, 4.69) is 47.5 Å². The normalized spacial score (nSPS) is 19.8. The number of hydrogen-bond donors (Lipinski definition) is 0. The minimum atomic E-state index is -0.151. The number of para-hydroxylation sites is 1. The van der Waals surface area contributed by atoms with Gasteiger partial charge in [-0.1, -0.05) is 37.5 Å². The van der Waals surface area contributed by atoms with E-state index in [-0.39, 0.29) is 11.9 Å². The van der Waals surface area contributed by atoms with Crippen LogP contribution in [0, 0.1) is 5.82 Å². The fourth-order valence-electron chi connectivity index (χ4n) is 4.81. The van der Waals surface area contributed by atoms with Gasteiger partial charge in [0.25, 0.3) is 0 Å². The van der Waals surface area contributed by atoms with Gasteiger partial charge in [-0.25, -0.2) is 9.07 Å². The maximum Gasteiger partial charge on any atom is 0.174 e. The predicted molar refractivity (Wildman–Crippen MR) is 116 cm³/mol. The van der Waals surface area contributed by atoms with Crippen molar-refractivity contribution < 1.29 is 4.39 Å². The van der Waals surface area contributed by atoms with Crippen LogP contribution in [0.4, 0.5) is 10.1 Å². The molecule has 3 heterocycles. The summed E-state index contributed by atoms with van der Waals surface area (Å²) in [5, 5.41) is 15.1. The maximum absolute atomic E-state index is 14.3. The Balaban J connectivity index is 1.39. The molecule has 1 aliphatic heterocycles. The highest BCUT2D eigenvalue weighted by Crippen LogP contribution is 2.35. The summed E-state index contributed by atoms with van der Waals surface area (Å²) in [6.07, 6.45) is 6.09. The van der Waals surface area contributed by atoms with Crippen molar-refractivity contribution in [3.8, 4) is 0 Å². The Morgan fingerprint density at radius 1 is 0.967 bits per heavy atom. The molecule has 8 heteroatoms. The Hall–Kier alpha value is -2.32. The third-order valence-electron chi connectivity index (χ3n) is 6.37. The number of rotatable bonds is 5. The zero-order valence-corrected chi connectivity index (χ0v) is 17.8. The molecule has 1 aliphatic carbocycles. The van der Waals surface area contributed by atoms with Crippen LogP contribution >= 0.6 is 11.3 Å². The molecular weight excluding hydrogens is 399 g/mol. The lowest BCUT2D eigenvalue weighted by Crippen LogP contribution is -2.48. The van der Waals surface area contributed by atoms with Crippen LogP contribution in [0.2, 0.25) is 0 Å². The highest BCUT2D eigenvalue weighted by Gasteiger charge is 2.33. The topological polar surface area (TPSA) is 50.1 Å². The molecule has 2 aromatic heterocycles. The summed E-state index contributed by atoms with van der Waals surface area (Å²) in [5.41, 5.74) is 0.692. The van der Waals surface area contributed by atoms with Gasteiger partial charge in [-0.05, 0) is 46.8 Å². The van der Waals surface area contributed by atoms with Crippen LogP contribution in [-0.4, -0.2) is 51.3 Å². The first-order valence-electron chi connectivity index (χ1n) is 10.9. The van der Waals surface area contributed by atoms with Gasteiger partial charge in [0.15, 0.2) is 5.82 Å². The first kappa shape index (κ1) is 19.6. The second kappa shape index (κ2) is 8.81. The Bertz CT molecular complexity index is 944. The molecule has 0 N–H and O–H groups in total. The first-order valence-corrected chi connectivity index (χ1v) is 11.7. The van der Waals surface area contributed by atoms with Gasteiger partial charge in [0.1, 0.15) is 11.9 Å². The van der Waals surface area contributed by atoms with E-state index < -0.39 is 0 Å². The molecule has 30 heavy (non-hydrogen) atoms. The average molecular weight is 427 g/mol. The number of halogens is 1. The molecule has 0 amide bonds. The molecule has 2 aliphatic rings. The molecule has 0 spiro atoms. The average Bonchev–Trinajstić information content (AvgIpc) is 3.49. The minimum Gasteiger partial charge on any atom is -0.367 e. The molecule has 158 valence electrons. The lowest BCUT2D eigenvalue weighted by Gasteiger charge is -2.39. The van der Waals surface area contributed by atoms with Crippen LogP contribution < -0.4 is 4.90 Å². The number of benzene rings is 1. The van der Waals surface area contributed by atoms with E-state index in [9.17, 15) is 4.39 Å². The Kier molecular flexibility index (Phi) is 5.77. The van der Waals surface area contributed by atoms with Crippen molar-refractivity contribution in [1.82, 2.24) is 25.1 Å². The number of aromatic nitrogens is 4. The van der Waals surface area contributed by atoms with Crippen molar-refractivity contribution in [2.24, 2.45) is 0 Å². The van der Waals surface area contributed by atoms with Gasteiger partial charge in [0, 0.05) is 31.1 Å². The molecule has 6 nitrogen and oxygen atoms in total. The predicted octanol–water partition coefficient (Wildman–Crippen LogP) is 4.29. The van der Waals surface area contributed by atoms with Crippen LogP contribution in [-0.2, 0) is 0 Å². The van der Waals surface area contributed by atoms with Crippen molar-refractivity contribution >= 4 is 17.0 Å². The zero-order chi connectivity index (χ0) is 20.3. The van der Waals surface area contributed by atoms with Gasteiger partial charge < -0.3 is 4.90 Å². The van der Waals surface area contributed by atoms with Gasteiger partial charge in [-0.2, -0.15) is 0 Å². The summed E-state index contributed by atoms with van der Waals surface area (Å²) in [4.78, 5) is 5.86. The fourth-order valence-corrected chi connectivity index (χ4v) is 5.67. The molecular formula is C22H27FN6S. The zero-order valence-electron chi connectivity index (χ0n) is 17.0. The van der Waals surface area contributed by atoms with Crippen LogP contribution in [0.15, 0.2) is 41.8 Å². The first-order chi connectivity index (χ1) is 14.8. The van der Waals surface area contributed by atoms with E-state index in [1.165, 1.54) is 30.2 Å². The lowest BCUT2D eigenvalue weighted by atomic mass is 9.95. The van der Waals surface area contributed by atoms with Gasteiger partial charge in [0.05, 0.1) is 11.7 Å². The van der Waals surface area contributed by atoms with Crippen LogP contribution in [0.1, 0.15) is 54.9 Å². The van der Waals surface area contributed by atoms with E-state index in [4.69, 9.17) is 0 Å². The second-order valence-electron chi connectivity index (χ2n) is 8.17. The van der Waals surface area contributed by atoms with Gasteiger partial charge >= 0.3 is 0 Å². The maximum atomic E-state index is 14.3. The van der Waals surface area contributed by atoms with Crippen molar-refractivity contribution in [2.45, 2.75) is 44.2 Å². The molecule has 1 saturated carbocycles. The van der Waals surface area contributed by atoms with Gasteiger partial charge in [-0.3, -0.25) is 4.90 Å². The number of thiophene rings is 1. The van der Waals surface area contributed by atoms with Gasteiger partial charge in [0.2, 0.25) is 0 Å². The highest BCUT2D eigenvalue weighted by molar-refractivity contribution is 7.10. The summed E-state index contributed by atoms with van der Waals surface area (Å²) in [6, 6.07) is 11.8. The lowest BCUT2D eigenvalue weighted by molar-refractivity contribution is 0.195. The third-order valence-corrected chi connectivity index (χ3v) is 7.29. The molecule has 5 rings (SSSR count). The highest BCUT2D eigenvalue weighted by atomic mass is 32.1. The van der Waals surface area contributed by atoms with Crippen LogP contribution in [0.5, 0.6) is 0 Å². The summed E-state index contributed by atoms with van der Waals surface area (Å²) in [6.45, 7) is 3.25. The van der Waals surface area contributed by atoms with Crippen molar-refractivity contribution in [2.75, 3.05) is 31.1 Å². The summed E-state index contributed by atoms with van der Waals surface area (Å²) in [7, 11) is 0. The standard InChI is InChI=1S/C22H27FN6S/c23-18-9-4-5-10-19(18)27-12-14-28(15-13-27)21(20-11-6-16-30-20)22-24-25-26-29(22)17-7-2-1-3-8-17/h4-6,9-11,16-17,21H,1-3,7-8,12-15H2/t21-/m0/s1. The Morgan fingerprint density at radius 3 is 2.50 bits per heavy atom. The minimum absolute atomic E-state index is 0.0460. The molecule has 0 unspecified atom stereocenters. The van der Waals surface area contributed by atoms with E-state index in [0.29, 0.717) is 11.7 Å². The Morgan fingerprint density at radius 2 is 1.77 bits per heavy atom. The second-order valence-corrected chi connectivity index (χ2v) is 9.15. The van der Waals surface area contributed by atoms with E-state index >= 15 is 0 Å². The molecule has 1 atom stereocenters. The van der Waals surface area contributed by atoms with Crippen molar-refractivity contribution in [3.05, 3.63) is 58.3 Å². The van der Waals surface area contributed by atoms with E-state index in [0.717, 1.165) is 44.8 Å². The SMILES string of the molecule is Fc1ccccc1N1CCN([C@@H](c2cccs2)c2nnnn2C2CCCCC2)CC1. The van der Waals surface area contributed by atoms with Gasteiger partial charge in [-0.15, -0.1) is 16.4 Å². The summed E-state index contributed by atoms with van der Waals surface area (Å²) >= 11 is 1.75. The third kappa shape index (κ3) is 3.86. The summed E-state index contributed by atoms with van der Waals surface area (Å²) in [5.74, 6) is 0.797. The number of anilines is 1. The fraction of sp³-hybridized carbons (Fsp3) is 0.500. The Labute approximate surface area is 180 Å². The number of tetrazole rings is 1. The number of hydrogen-bond acceptors (Lipinski definition) is 6. The van der Waals surface area contributed by atoms with Crippen LogP contribution in [0.25, 0.3) is 0 Å². The van der Waals surface area contributed by atoms with Crippen molar-refractivity contribution in [3.63, 3.8) is 0 Å². The van der Waals surface area contributed by atoms with E-state index in [1.54, 1.807) is 17.4 Å². The molecule has 0 radical (unpaired) electrons. The smallest absolute Gasteiger partial charge is 0.174 e. The number of piperazine rings is 1. The monoisotopic (exact) mass is 426 g/mol. The van der Waals surface area contributed by atoms with Crippen molar-refractivity contribution in [1.29, 1.82) is 0 Å². The quantitative estimate of drug-likeness (QED) is 0.609. The molecule has 3 aromatic rings. The largest absolute Gasteiger partial charge is 0.367 e. The van der Waals surface area contributed by atoms with Crippen LogP contribution in [0.3, 0.4) is 0 Å². The molecule has 0 bridgehead atoms. The molecule has 1 aromatic carbocycles. The molecule has 2 fully saturated rings. The molecule has 1 saturated heterocycles. The number of nitrogens with zero attached hydrogens (tertiary/aromatic N) is 6.